The van der Waals surface area contributed by atoms with Crippen molar-refractivity contribution < 1.29 is 14.7 Å². The maximum Gasteiger partial charge on any atom is 0.313 e. The minimum Gasteiger partial charge on any atom is -0.508 e. The van der Waals surface area contributed by atoms with E-state index in [4.69, 9.17) is 5.11 Å². The number of hydrogen-bond acceptors (Lipinski definition) is 3. The van der Waals surface area contributed by atoms with E-state index in [1.165, 1.54) is 24.3 Å². The van der Waals surface area contributed by atoms with Gasteiger partial charge in [-0.05, 0) is 29.8 Å². The fourth-order valence-corrected chi connectivity index (χ4v) is 1.59. The zero-order chi connectivity index (χ0) is 16.4. The first-order valence-electron chi connectivity index (χ1n) is 7.07. The number of phenolic OH excluding ortho intramolecular Hbond substituents is 1. The summed E-state index contributed by atoms with van der Waals surface area (Å²) in [6.07, 6.45) is 0. The monoisotopic (exact) mass is 300 g/mol. The molecule has 0 fully saturated rings. The summed E-state index contributed by atoms with van der Waals surface area (Å²) < 4.78 is 0. The number of aromatic hydroxyl groups is 1. The molecule has 0 unspecified atom stereocenters. The molecule has 0 aliphatic carbocycles. The second kappa shape index (κ2) is 9.18. The summed E-state index contributed by atoms with van der Waals surface area (Å²) in [6, 6.07) is 15.2. The molecule has 22 heavy (non-hydrogen) atoms. The number of rotatable bonds is 3. The van der Waals surface area contributed by atoms with E-state index in [1.807, 2.05) is 44.2 Å². The number of hydrogen-bond donors (Lipinski definition) is 3. The smallest absolute Gasteiger partial charge is 0.313 e. The lowest BCUT2D eigenvalue weighted by Gasteiger charge is -2.06. The van der Waals surface area contributed by atoms with E-state index < -0.39 is 11.8 Å². The fourth-order valence-electron chi connectivity index (χ4n) is 1.59. The van der Waals surface area contributed by atoms with Crippen molar-refractivity contribution >= 4 is 17.5 Å². The van der Waals surface area contributed by atoms with E-state index in [1.54, 1.807) is 0 Å². The van der Waals surface area contributed by atoms with E-state index >= 15 is 0 Å². The minimum absolute atomic E-state index is 0.0940. The van der Waals surface area contributed by atoms with Crippen LogP contribution in [0.4, 0.5) is 5.69 Å². The lowest BCUT2D eigenvalue weighted by atomic mass is 10.2. The van der Waals surface area contributed by atoms with Crippen LogP contribution in [0.25, 0.3) is 0 Å². The summed E-state index contributed by atoms with van der Waals surface area (Å²) >= 11 is 0. The van der Waals surface area contributed by atoms with E-state index in [0.717, 1.165) is 5.56 Å². The molecule has 5 heteroatoms. The van der Waals surface area contributed by atoms with Gasteiger partial charge in [0.2, 0.25) is 0 Å². The molecule has 2 aromatic rings. The zero-order valence-corrected chi connectivity index (χ0v) is 12.7. The van der Waals surface area contributed by atoms with Gasteiger partial charge in [-0.3, -0.25) is 9.59 Å². The van der Waals surface area contributed by atoms with Gasteiger partial charge in [0.25, 0.3) is 0 Å². The van der Waals surface area contributed by atoms with Gasteiger partial charge < -0.3 is 15.7 Å². The van der Waals surface area contributed by atoms with Gasteiger partial charge >= 0.3 is 11.8 Å². The molecule has 0 saturated carbocycles. The summed E-state index contributed by atoms with van der Waals surface area (Å²) in [5.41, 5.74) is 1.36. The lowest BCUT2D eigenvalue weighted by Crippen LogP contribution is -2.34. The molecule has 0 atom stereocenters. The highest BCUT2D eigenvalue weighted by molar-refractivity contribution is 6.39. The Bertz CT molecular complexity index is 595. The number of carbonyl (C=O) groups excluding carboxylic acids is 2. The van der Waals surface area contributed by atoms with Gasteiger partial charge in [0, 0.05) is 12.2 Å². The topological polar surface area (TPSA) is 78.4 Å². The van der Waals surface area contributed by atoms with Crippen LogP contribution in [0, 0.1) is 0 Å². The van der Waals surface area contributed by atoms with E-state index in [2.05, 4.69) is 10.6 Å². The van der Waals surface area contributed by atoms with Gasteiger partial charge in [0.1, 0.15) is 5.75 Å². The number of nitrogens with one attached hydrogen (secondary N) is 2. The second-order valence-electron chi connectivity index (χ2n) is 4.17. The minimum atomic E-state index is -0.744. The largest absolute Gasteiger partial charge is 0.508 e. The SMILES string of the molecule is CC.O=C(NCc1ccccc1)C(=O)Nc1ccc(O)cc1. The average Bonchev–Trinajstić information content (AvgIpc) is 2.57. The van der Waals surface area contributed by atoms with Crippen molar-refractivity contribution in [1.82, 2.24) is 5.32 Å². The molecule has 2 amide bonds. The molecule has 0 aliphatic rings. The lowest BCUT2D eigenvalue weighted by molar-refractivity contribution is -0.136. The fraction of sp³-hybridized carbons (Fsp3) is 0.176. The molecule has 0 bridgehead atoms. The maximum atomic E-state index is 11.6. The zero-order valence-electron chi connectivity index (χ0n) is 12.7. The number of amides is 2. The van der Waals surface area contributed by atoms with Crippen LogP contribution in [0.3, 0.4) is 0 Å². The van der Waals surface area contributed by atoms with Crippen molar-refractivity contribution in [3.8, 4) is 5.75 Å². The van der Waals surface area contributed by atoms with Crippen LogP contribution in [-0.4, -0.2) is 16.9 Å². The Hall–Kier alpha value is -2.82. The number of phenols is 1. The highest BCUT2D eigenvalue weighted by atomic mass is 16.3. The summed E-state index contributed by atoms with van der Waals surface area (Å²) in [4.78, 5) is 23.2. The molecule has 0 saturated heterocycles. The van der Waals surface area contributed by atoms with Crippen LogP contribution in [0.2, 0.25) is 0 Å². The van der Waals surface area contributed by atoms with Crippen molar-refractivity contribution in [2.75, 3.05) is 5.32 Å². The van der Waals surface area contributed by atoms with Crippen molar-refractivity contribution in [2.24, 2.45) is 0 Å². The van der Waals surface area contributed by atoms with Crippen LogP contribution < -0.4 is 10.6 Å². The van der Waals surface area contributed by atoms with Crippen LogP contribution in [0.5, 0.6) is 5.75 Å². The molecule has 2 aromatic carbocycles. The Kier molecular flexibility index (Phi) is 7.19. The highest BCUT2D eigenvalue weighted by Gasteiger charge is 2.13. The van der Waals surface area contributed by atoms with Crippen LogP contribution >= 0.6 is 0 Å². The molecule has 2 rings (SSSR count). The number of carbonyl (C=O) groups is 2. The Labute approximate surface area is 130 Å². The maximum absolute atomic E-state index is 11.6. The predicted octanol–water partition coefficient (Wildman–Crippen LogP) is 2.67. The Morgan fingerprint density at radius 1 is 0.909 bits per heavy atom. The van der Waals surface area contributed by atoms with Crippen molar-refractivity contribution in [2.45, 2.75) is 20.4 Å². The van der Waals surface area contributed by atoms with Crippen molar-refractivity contribution in [1.29, 1.82) is 0 Å². The van der Waals surface area contributed by atoms with Gasteiger partial charge in [-0.25, -0.2) is 0 Å². The molecule has 5 nitrogen and oxygen atoms in total. The van der Waals surface area contributed by atoms with Gasteiger partial charge in [0.15, 0.2) is 0 Å². The first-order chi connectivity index (χ1) is 10.6. The van der Waals surface area contributed by atoms with E-state index in [9.17, 15) is 9.59 Å². The standard InChI is InChI=1S/C15H14N2O3.C2H6/c18-13-8-6-12(7-9-13)17-15(20)14(19)16-10-11-4-2-1-3-5-11;1-2/h1-9,18H,10H2,(H,16,19)(H,17,20);1-2H3. The molecule has 116 valence electrons. The van der Waals surface area contributed by atoms with Gasteiger partial charge in [-0.15, -0.1) is 0 Å². The summed E-state index contributed by atoms with van der Waals surface area (Å²) in [5, 5.41) is 14.1. The molecule has 0 spiro atoms. The molecule has 3 N–H and O–H groups in total. The Morgan fingerprint density at radius 2 is 1.50 bits per heavy atom. The summed E-state index contributed by atoms with van der Waals surface area (Å²) in [6.45, 7) is 4.29. The van der Waals surface area contributed by atoms with E-state index in [0.29, 0.717) is 12.2 Å². The van der Waals surface area contributed by atoms with Crippen molar-refractivity contribution in [3.63, 3.8) is 0 Å². The third kappa shape index (κ3) is 5.66. The van der Waals surface area contributed by atoms with Crippen LogP contribution in [-0.2, 0) is 16.1 Å². The normalized spacial score (nSPS) is 9.18. The van der Waals surface area contributed by atoms with Gasteiger partial charge in [0.05, 0.1) is 0 Å². The number of benzene rings is 2. The highest BCUT2D eigenvalue weighted by Crippen LogP contribution is 2.13. The van der Waals surface area contributed by atoms with Gasteiger partial charge in [-0.2, -0.15) is 0 Å². The average molecular weight is 300 g/mol. The van der Waals surface area contributed by atoms with Crippen LogP contribution in [0.15, 0.2) is 54.6 Å². The first kappa shape index (κ1) is 17.2. The summed E-state index contributed by atoms with van der Waals surface area (Å²) in [7, 11) is 0. The first-order valence-corrected chi connectivity index (χ1v) is 7.07. The van der Waals surface area contributed by atoms with Crippen LogP contribution in [0.1, 0.15) is 19.4 Å². The third-order valence-electron chi connectivity index (χ3n) is 2.63. The number of anilines is 1. The molecular weight excluding hydrogens is 280 g/mol. The third-order valence-corrected chi connectivity index (χ3v) is 2.63. The predicted molar refractivity (Wildman–Crippen MR) is 86.4 cm³/mol. The Balaban J connectivity index is 0.00000116. The summed E-state index contributed by atoms with van der Waals surface area (Å²) in [5.74, 6) is -1.36. The molecule has 0 aliphatic heterocycles. The quantitative estimate of drug-likeness (QED) is 0.602. The van der Waals surface area contributed by atoms with Crippen molar-refractivity contribution in [3.05, 3.63) is 60.2 Å². The molecule has 0 heterocycles. The molecule has 0 radical (unpaired) electrons. The molecule has 0 aromatic heterocycles. The second-order valence-corrected chi connectivity index (χ2v) is 4.17. The van der Waals surface area contributed by atoms with Gasteiger partial charge in [-0.1, -0.05) is 44.2 Å². The Morgan fingerprint density at radius 3 is 2.09 bits per heavy atom. The van der Waals surface area contributed by atoms with E-state index in [-0.39, 0.29) is 5.75 Å². The molecular formula is C17H20N2O3.